The minimum Gasteiger partial charge on any atom is -0.458 e. The molecule has 2 saturated heterocycles. The van der Waals surface area contributed by atoms with Crippen molar-refractivity contribution in [2.24, 2.45) is 0 Å². The second kappa shape index (κ2) is 17.9. The molecule has 1 aromatic carbocycles. The number of carbonyl (C=O) groups is 4. The van der Waals surface area contributed by atoms with Crippen LogP contribution in [0.4, 0.5) is 4.79 Å². The van der Waals surface area contributed by atoms with E-state index in [9.17, 15) is 27.6 Å². The largest absolute Gasteiger partial charge is 0.458 e. The Morgan fingerprint density at radius 3 is 2.27 bits per heavy atom. The molecule has 2 atom stereocenters. The molecule has 0 aliphatic carbocycles. The van der Waals surface area contributed by atoms with Gasteiger partial charge in [0.1, 0.15) is 22.6 Å². The summed E-state index contributed by atoms with van der Waals surface area (Å²) in [6.07, 6.45) is 3.19. The molecule has 4 rings (SSSR count). The lowest BCUT2D eigenvalue weighted by Gasteiger charge is -2.34. The zero-order valence-electron chi connectivity index (χ0n) is 30.8. The lowest BCUT2D eigenvalue weighted by Crippen LogP contribution is -2.57. The Balaban J connectivity index is 1.39. The maximum atomic E-state index is 14.0. The van der Waals surface area contributed by atoms with E-state index in [1.54, 1.807) is 68.7 Å². The smallest absolute Gasteiger partial charge is 0.409 e. The lowest BCUT2D eigenvalue weighted by atomic mass is 10.00. The van der Waals surface area contributed by atoms with Crippen molar-refractivity contribution in [3.05, 3.63) is 59.9 Å². The Labute approximate surface area is 311 Å². The van der Waals surface area contributed by atoms with Crippen LogP contribution in [0.3, 0.4) is 0 Å². The van der Waals surface area contributed by atoms with Crippen molar-refractivity contribution in [2.75, 3.05) is 51.9 Å². The Morgan fingerprint density at radius 2 is 1.65 bits per heavy atom. The summed E-state index contributed by atoms with van der Waals surface area (Å²) in [5, 5.41) is 2.81. The number of hydrogen-bond donors (Lipinski definition) is 1. The van der Waals surface area contributed by atoms with E-state index in [0.717, 1.165) is 9.87 Å². The van der Waals surface area contributed by atoms with E-state index in [1.165, 1.54) is 36.3 Å². The van der Waals surface area contributed by atoms with E-state index < -0.39 is 50.4 Å². The fourth-order valence-electron chi connectivity index (χ4n) is 5.85. The highest BCUT2D eigenvalue weighted by molar-refractivity contribution is 8.02. The first-order valence-electron chi connectivity index (χ1n) is 17.5. The van der Waals surface area contributed by atoms with Gasteiger partial charge < -0.3 is 29.3 Å². The number of piperazine rings is 1. The van der Waals surface area contributed by atoms with Crippen molar-refractivity contribution in [2.45, 2.75) is 88.1 Å². The molecule has 286 valence electrons. The van der Waals surface area contributed by atoms with Gasteiger partial charge in [-0.3, -0.25) is 14.6 Å². The number of esters is 1. The molecule has 14 nitrogen and oxygen atoms in total. The number of aromatic nitrogens is 1. The molecule has 1 N–H and O–H groups in total. The number of nitrogens with zero attached hydrogens (tertiary/aromatic N) is 4. The summed E-state index contributed by atoms with van der Waals surface area (Å²) >= 11 is 1.33. The first-order valence-corrected chi connectivity index (χ1v) is 19.9. The minimum absolute atomic E-state index is 0.0277. The van der Waals surface area contributed by atoms with Crippen LogP contribution in [0.5, 0.6) is 0 Å². The van der Waals surface area contributed by atoms with Gasteiger partial charge in [-0.1, -0.05) is 24.3 Å². The predicted molar refractivity (Wildman–Crippen MR) is 196 cm³/mol. The van der Waals surface area contributed by atoms with E-state index >= 15 is 0 Å². The van der Waals surface area contributed by atoms with Gasteiger partial charge in [0.25, 0.3) is 0 Å². The van der Waals surface area contributed by atoms with Gasteiger partial charge in [-0.05, 0) is 64.8 Å². The second-order valence-corrected chi connectivity index (χ2v) is 17.7. The van der Waals surface area contributed by atoms with Crippen molar-refractivity contribution >= 4 is 45.7 Å². The van der Waals surface area contributed by atoms with Crippen molar-refractivity contribution in [1.82, 2.24) is 24.4 Å². The molecule has 2 fully saturated rings. The Hall–Kier alpha value is -3.73. The monoisotopic (exact) mass is 761 g/mol. The molecule has 3 heterocycles. The minimum atomic E-state index is -4.07. The van der Waals surface area contributed by atoms with E-state index in [-0.39, 0.29) is 36.1 Å². The molecular formula is C36H51N5O9S2. The van der Waals surface area contributed by atoms with Crippen LogP contribution in [-0.2, 0) is 51.5 Å². The number of carbonyl (C=O) groups excluding carboxylic acids is 4. The summed E-state index contributed by atoms with van der Waals surface area (Å²) in [6.45, 7) is 13.7. The van der Waals surface area contributed by atoms with Crippen molar-refractivity contribution in [3.63, 3.8) is 0 Å². The lowest BCUT2D eigenvalue weighted by molar-refractivity contribution is -0.158. The van der Waals surface area contributed by atoms with Crippen LogP contribution in [0.2, 0.25) is 0 Å². The van der Waals surface area contributed by atoms with Gasteiger partial charge in [0.05, 0.1) is 18.9 Å². The standard InChI is InChI=1S/C36H51N5O9S2/c1-7-48-20-9-21-49-34(45)40-18-16-39(17-19-40)30(42)23-27-13-11-26(12-14-27)22-29(33(44)50-35(2,3)4)38-32(43)31-36(5,6)51-25-41(31)52(46,47)28-10-8-15-37-24-28/h8,10-15,24,29,31H,7,9,16-23,25H2,1-6H3,(H,38,43)/t29-,31+/m0/s1. The molecule has 0 radical (unpaired) electrons. The molecule has 0 bridgehead atoms. The zero-order valence-corrected chi connectivity index (χ0v) is 32.5. The average Bonchev–Trinajstić information content (AvgIpc) is 3.43. The average molecular weight is 762 g/mol. The van der Waals surface area contributed by atoms with Crippen molar-refractivity contribution in [1.29, 1.82) is 0 Å². The molecular weight excluding hydrogens is 711 g/mol. The highest BCUT2D eigenvalue weighted by Gasteiger charge is 2.51. The molecule has 0 unspecified atom stereocenters. The first-order chi connectivity index (χ1) is 24.5. The van der Waals surface area contributed by atoms with Gasteiger partial charge in [0, 0.05) is 69.4 Å². The number of ether oxygens (including phenoxy) is 3. The number of thioether (sulfide) groups is 1. The van der Waals surface area contributed by atoms with E-state index in [2.05, 4.69) is 10.3 Å². The number of sulfonamides is 1. The van der Waals surface area contributed by atoms with E-state index in [4.69, 9.17) is 14.2 Å². The Morgan fingerprint density at radius 1 is 1.00 bits per heavy atom. The molecule has 52 heavy (non-hydrogen) atoms. The zero-order chi connectivity index (χ0) is 38.1. The predicted octanol–water partition coefficient (Wildman–Crippen LogP) is 3.24. The van der Waals surface area contributed by atoms with Crippen LogP contribution < -0.4 is 5.32 Å². The first kappa shape index (κ1) is 41.0. The summed E-state index contributed by atoms with van der Waals surface area (Å²) < 4.78 is 43.8. The summed E-state index contributed by atoms with van der Waals surface area (Å²) in [7, 11) is -4.07. The maximum absolute atomic E-state index is 14.0. The SMILES string of the molecule is CCOCCCOC(=O)N1CCN(C(=O)Cc2ccc(C[C@H](NC(=O)[C@H]3N(S(=O)(=O)c4cccnc4)CSC3(C)C)C(=O)OC(C)(C)C)cc2)CC1. The highest BCUT2D eigenvalue weighted by Crippen LogP contribution is 2.42. The number of hydrogen-bond acceptors (Lipinski definition) is 11. The van der Waals surface area contributed by atoms with Crippen LogP contribution in [0, 0.1) is 0 Å². The van der Waals surface area contributed by atoms with Crippen LogP contribution in [0.15, 0.2) is 53.7 Å². The second-order valence-electron chi connectivity index (χ2n) is 14.2. The number of amides is 3. The summed E-state index contributed by atoms with van der Waals surface area (Å²) in [6, 6.07) is 7.91. The molecule has 16 heteroatoms. The number of pyridine rings is 1. The van der Waals surface area contributed by atoms with Gasteiger partial charge in [-0.25, -0.2) is 18.0 Å². The fourth-order valence-corrected chi connectivity index (χ4v) is 8.98. The molecule has 2 aliphatic heterocycles. The normalized spacial score (nSPS) is 18.5. The van der Waals surface area contributed by atoms with E-state index in [1.807, 2.05) is 6.92 Å². The quantitative estimate of drug-likeness (QED) is 0.222. The number of nitrogens with one attached hydrogen (secondary N) is 1. The highest BCUT2D eigenvalue weighted by atomic mass is 32.2. The topological polar surface area (TPSA) is 165 Å². The van der Waals surface area contributed by atoms with E-state index in [0.29, 0.717) is 51.4 Å². The Kier molecular flexibility index (Phi) is 14.1. The van der Waals surface area contributed by atoms with Crippen LogP contribution in [0.1, 0.15) is 59.1 Å². The van der Waals surface area contributed by atoms with Crippen molar-refractivity contribution < 1.29 is 41.8 Å². The van der Waals surface area contributed by atoms with Crippen LogP contribution in [0.25, 0.3) is 0 Å². The molecule has 1 aromatic heterocycles. The van der Waals surface area contributed by atoms with Gasteiger partial charge in [-0.2, -0.15) is 4.31 Å². The molecule has 0 saturated carbocycles. The maximum Gasteiger partial charge on any atom is 0.409 e. The Bertz CT molecular complexity index is 1640. The molecule has 2 aromatic rings. The molecule has 3 amide bonds. The third kappa shape index (κ3) is 11.1. The molecule has 2 aliphatic rings. The van der Waals surface area contributed by atoms with Gasteiger partial charge in [0.15, 0.2) is 0 Å². The van der Waals surface area contributed by atoms with Crippen LogP contribution in [-0.4, -0.2) is 126 Å². The van der Waals surface area contributed by atoms with Gasteiger partial charge in [-0.15, -0.1) is 11.8 Å². The summed E-state index contributed by atoms with van der Waals surface area (Å²) in [5.41, 5.74) is 0.641. The van der Waals surface area contributed by atoms with Gasteiger partial charge in [0.2, 0.25) is 21.8 Å². The third-order valence-electron chi connectivity index (χ3n) is 8.58. The van der Waals surface area contributed by atoms with Crippen LogP contribution >= 0.6 is 11.8 Å². The fraction of sp³-hybridized carbons (Fsp3) is 0.583. The number of rotatable bonds is 14. The number of benzene rings is 1. The third-order valence-corrected chi connectivity index (χ3v) is 11.9. The summed E-state index contributed by atoms with van der Waals surface area (Å²) in [4.78, 5) is 60.1. The van der Waals surface area contributed by atoms with Crippen molar-refractivity contribution in [3.8, 4) is 0 Å². The molecule has 0 spiro atoms. The van der Waals surface area contributed by atoms with Gasteiger partial charge >= 0.3 is 12.1 Å². The summed E-state index contributed by atoms with van der Waals surface area (Å²) in [5.74, 6) is -1.29.